The fourth-order valence-corrected chi connectivity index (χ4v) is 3.34. The third-order valence-electron chi connectivity index (χ3n) is 3.18. The van der Waals surface area contributed by atoms with Crippen molar-refractivity contribution in [2.75, 3.05) is 13.7 Å². The molecule has 0 unspecified atom stereocenters. The monoisotopic (exact) mass is 305 g/mol. The van der Waals surface area contributed by atoms with Crippen LogP contribution in [0, 0.1) is 6.92 Å². The summed E-state index contributed by atoms with van der Waals surface area (Å²) >= 11 is 1.52. The van der Waals surface area contributed by atoms with E-state index >= 15 is 0 Å². The van der Waals surface area contributed by atoms with E-state index in [1.807, 2.05) is 36.9 Å². The van der Waals surface area contributed by atoms with E-state index in [0.717, 1.165) is 27.6 Å². The lowest BCUT2D eigenvalue weighted by molar-refractivity contribution is 0.0597. The SMILES string of the molecule is COC(=O)c1ccccc1Sc1c(CCN)c(C)nn1C. The van der Waals surface area contributed by atoms with Gasteiger partial charge in [0.05, 0.1) is 18.4 Å². The maximum Gasteiger partial charge on any atom is 0.339 e. The van der Waals surface area contributed by atoms with Gasteiger partial charge in [-0.05, 0) is 32.0 Å². The van der Waals surface area contributed by atoms with E-state index in [4.69, 9.17) is 10.5 Å². The third-order valence-corrected chi connectivity index (χ3v) is 4.46. The van der Waals surface area contributed by atoms with E-state index in [1.165, 1.54) is 18.9 Å². The first-order chi connectivity index (χ1) is 10.1. The van der Waals surface area contributed by atoms with E-state index in [1.54, 1.807) is 6.07 Å². The Morgan fingerprint density at radius 1 is 1.43 bits per heavy atom. The summed E-state index contributed by atoms with van der Waals surface area (Å²) in [6.45, 7) is 2.54. The zero-order chi connectivity index (χ0) is 15.4. The molecule has 0 aliphatic rings. The van der Waals surface area contributed by atoms with E-state index in [9.17, 15) is 4.79 Å². The molecule has 1 aromatic heterocycles. The van der Waals surface area contributed by atoms with Crippen LogP contribution in [0.1, 0.15) is 21.6 Å². The van der Waals surface area contributed by atoms with Crippen LogP contribution in [0.5, 0.6) is 0 Å². The van der Waals surface area contributed by atoms with Gasteiger partial charge >= 0.3 is 5.97 Å². The maximum atomic E-state index is 11.8. The van der Waals surface area contributed by atoms with E-state index in [0.29, 0.717) is 12.1 Å². The number of nitrogens with two attached hydrogens (primary N) is 1. The Labute approximate surface area is 128 Å². The number of hydrogen-bond donors (Lipinski definition) is 1. The van der Waals surface area contributed by atoms with Crippen LogP contribution in [0.4, 0.5) is 0 Å². The number of aromatic nitrogens is 2. The fraction of sp³-hybridized carbons (Fsp3) is 0.333. The topological polar surface area (TPSA) is 70.1 Å². The second-order valence-electron chi connectivity index (χ2n) is 4.62. The van der Waals surface area contributed by atoms with Crippen LogP contribution in [0.3, 0.4) is 0 Å². The van der Waals surface area contributed by atoms with Crippen LogP contribution < -0.4 is 5.73 Å². The summed E-state index contributed by atoms with van der Waals surface area (Å²) in [4.78, 5) is 12.7. The molecule has 0 amide bonds. The van der Waals surface area contributed by atoms with Crippen molar-refractivity contribution in [2.45, 2.75) is 23.3 Å². The van der Waals surface area contributed by atoms with E-state index in [-0.39, 0.29) is 5.97 Å². The van der Waals surface area contributed by atoms with Crippen molar-refractivity contribution in [2.24, 2.45) is 12.8 Å². The molecule has 0 aliphatic heterocycles. The van der Waals surface area contributed by atoms with Crippen molar-refractivity contribution in [1.82, 2.24) is 9.78 Å². The standard InChI is InChI=1S/C15H19N3O2S/c1-10-11(8-9-16)14(18(2)17-10)21-13-7-5-4-6-12(13)15(19)20-3/h4-7H,8-9,16H2,1-3H3. The molecule has 0 saturated heterocycles. The lowest BCUT2D eigenvalue weighted by atomic mass is 10.2. The molecule has 0 spiro atoms. The van der Waals surface area contributed by atoms with Gasteiger partial charge < -0.3 is 10.5 Å². The van der Waals surface area contributed by atoms with Gasteiger partial charge in [0, 0.05) is 17.5 Å². The Bertz CT molecular complexity index is 652. The minimum absolute atomic E-state index is 0.336. The summed E-state index contributed by atoms with van der Waals surface area (Å²) in [7, 11) is 3.29. The second kappa shape index (κ2) is 6.78. The van der Waals surface area contributed by atoms with E-state index in [2.05, 4.69) is 5.10 Å². The van der Waals surface area contributed by atoms with Crippen LogP contribution in [0.2, 0.25) is 0 Å². The predicted molar refractivity (Wildman–Crippen MR) is 82.6 cm³/mol. The van der Waals surface area contributed by atoms with Crippen LogP contribution in [-0.2, 0) is 18.2 Å². The Balaban J connectivity index is 2.41. The molecule has 2 rings (SSSR count). The van der Waals surface area contributed by atoms with Gasteiger partial charge in [0.15, 0.2) is 0 Å². The molecule has 0 fully saturated rings. The molecule has 2 N–H and O–H groups in total. The largest absolute Gasteiger partial charge is 0.465 e. The van der Waals surface area contributed by atoms with Crippen molar-refractivity contribution in [3.8, 4) is 0 Å². The van der Waals surface area contributed by atoms with Gasteiger partial charge in [0.2, 0.25) is 0 Å². The first kappa shape index (κ1) is 15.6. The Kier molecular flexibility index (Phi) is 5.03. The van der Waals surface area contributed by atoms with Gasteiger partial charge in [-0.25, -0.2) is 4.79 Å². The molecule has 2 aromatic rings. The summed E-state index contributed by atoms with van der Waals surface area (Å²) in [5, 5.41) is 5.45. The van der Waals surface area contributed by atoms with Crippen LogP contribution in [-0.4, -0.2) is 29.4 Å². The molecule has 0 atom stereocenters. The average Bonchev–Trinajstić information content (AvgIpc) is 2.74. The molecule has 5 nitrogen and oxygen atoms in total. The summed E-state index contributed by atoms with van der Waals surface area (Å²) in [6, 6.07) is 7.40. The fourth-order valence-electron chi connectivity index (χ4n) is 2.18. The smallest absolute Gasteiger partial charge is 0.339 e. The number of rotatable bonds is 5. The third kappa shape index (κ3) is 3.28. The van der Waals surface area contributed by atoms with Crippen molar-refractivity contribution in [3.63, 3.8) is 0 Å². The average molecular weight is 305 g/mol. The molecule has 1 heterocycles. The van der Waals surface area contributed by atoms with Gasteiger partial charge in [-0.1, -0.05) is 23.9 Å². The first-order valence-electron chi connectivity index (χ1n) is 6.66. The van der Waals surface area contributed by atoms with E-state index < -0.39 is 0 Å². The molecular weight excluding hydrogens is 286 g/mol. The van der Waals surface area contributed by atoms with Gasteiger partial charge in [0.25, 0.3) is 0 Å². The van der Waals surface area contributed by atoms with Gasteiger partial charge in [-0.15, -0.1) is 0 Å². The summed E-state index contributed by atoms with van der Waals surface area (Å²) in [6.07, 6.45) is 0.766. The molecule has 0 radical (unpaired) electrons. The van der Waals surface area contributed by atoms with Crippen LogP contribution >= 0.6 is 11.8 Å². The van der Waals surface area contributed by atoms with Crippen molar-refractivity contribution in [3.05, 3.63) is 41.1 Å². The minimum Gasteiger partial charge on any atom is -0.465 e. The normalized spacial score (nSPS) is 10.7. The number of ether oxygens (including phenoxy) is 1. The lowest BCUT2D eigenvalue weighted by Crippen LogP contribution is -2.05. The van der Waals surface area contributed by atoms with Crippen LogP contribution in [0.15, 0.2) is 34.2 Å². The zero-order valence-electron chi connectivity index (χ0n) is 12.4. The number of carbonyl (C=O) groups excluding carboxylic acids is 1. The van der Waals surface area contributed by atoms with Crippen LogP contribution in [0.25, 0.3) is 0 Å². The highest BCUT2D eigenvalue weighted by atomic mass is 32.2. The molecule has 0 saturated carbocycles. The number of carbonyl (C=O) groups is 1. The summed E-state index contributed by atoms with van der Waals surface area (Å²) in [5.41, 5.74) is 8.34. The number of aryl methyl sites for hydroxylation is 2. The highest BCUT2D eigenvalue weighted by molar-refractivity contribution is 7.99. The second-order valence-corrected chi connectivity index (χ2v) is 5.65. The quantitative estimate of drug-likeness (QED) is 0.857. The Morgan fingerprint density at radius 3 is 2.81 bits per heavy atom. The molecular formula is C15H19N3O2S. The first-order valence-corrected chi connectivity index (χ1v) is 7.47. The Morgan fingerprint density at radius 2 is 2.14 bits per heavy atom. The molecule has 1 aromatic carbocycles. The highest BCUT2D eigenvalue weighted by Crippen LogP contribution is 2.34. The predicted octanol–water partition coefficient (Wildman–Crippen LogP) is 2.17. The van der Waals surface area contributed by atoms with Gasteiger partial charge in [-0.3, -0.25) is 4.68 Å². The number of esters is 1. The lowest BCUT2D eigenvalue weighted by Gasteiger charge is -2.09. The van der Waals surface area contributed by atoms with Crippen molar-refractivity contribution < 1.29 is 9.53 Å². The zero-order valence-corrected chi connectivity index (χ0v) is 13.2. The Hall–Kier alpha value is -1.79. The number of nitrogens with zero attached hydrogens (tertiary/aromatic N) is 2. The number of hydrogen-bond acceptors (Lipinski definition) is 5. The number of methoxy groups -OCH3 is 1. The molecule has 0 aliphatic carbocycles. The van der Waals surface area contributed by atoms with Gasteiger partial charge in [-0.2, -0.15) is 5.10 Å². The molecule has 0 bridgehead atoms. The molecule has 112 valence electrons. The highest BCUT2D eigenvalue weighted by Gasteiger charge is 2.18. The van der Waals surface area contributed by atoms with Crippen molar-refractivity contribution >= 4 is 17.7 Å². The number of benzene rings is 1. The van der Waals surface area contributed by atoms with Crippen molar-refractivity contribution in [1.29, 1.82) is 0 Å². The summed E-state index contributed by atoms with van der Waals surface area (Å²) < 4.78 is 6.67. The minimum atomic E-state index is -0.336. The summed E-state index contributed by atoms with van der Waals surface area (Å²) in [5.74, 6) is -0.336. The van der Waals surface area contributed by atoms with Gasteiger partial charge in [0.1, 0.15) is 5.03 Å². The molecule has 6 heteroatoms. The molecule has 21 heavy (non-hydrogen) atoms. The maximum absolute atomic E-state index is 11.8.